The maximum absolute atomic E-state index is 9.77. The van der Waals surface area contributed by atoms with E-state index in [1.54, 1.807) is 0 Å². The third-order valence-electron chi connectivity index (χ3n) is 0.775. The van der Waals surface area contributed by atoms with E-state index in [-0.39, 0.29) is 13.0 Å². The summed E-state index contributed by atoms with van der Waals surface area (Å²) in [5.41, 5.74) is 0. The number of rotatable bonds is 4. The van der Waals surface area contributed by atoms with Crippen molar-refractivity contribution in [1.29, 1.82) is 0 Å². The SMILES string of the molecule is O=C(O)OC=CCCOC(=O)O. The molecule has 0 unspecified atom stereocenters. The average molecular weight is 176 g/mol. The number of ether oxygens (including phenoxy) is 2. The third kappa shape index (κ3) is 8.28. The molecule has 6 heteroatoms. The lowest BCUT2D eigenvalue weighted by molar-refractivity contribution is 0.0927. The van der Waals surface area contributed by atoms with Crippen LogP contribution in [0.15, 0.2) is 12.3 Å². The van der Waals surface area contributed by atoms with Crippen LogP contribution in [0.1, 0.15) is 6.42 Å². The van der Waals surface area contributed by atoms with Crippen molar-refractivity contribution in [2.24, 2.45) is 0 Å². The first kappa shape index (κ1) is 10.3. The fourth-order valence-corrected chi connectivity index (χ4v) is 0.389. The Hall–Kier alpha value is -1.72. The molecule has 0 rings (SSSR count). The molecule has 6 nitrogen and oxygen atoms in total. The molecule has 0 radical (unpaired) electrons. The van der Waals surface area contributed by atoms with Gasteiger partial charge in [-0.1, -0.05) is 0 Å². The minimum atomic E-state index is -1.41. The number of hydrogen-bond acceptors (Lipinski definition) is 4. The summed E-state index contributed by atoms with van der Waals surface area (Å²) in [6, 6.07) is 0. The van der Waals surface area contributed by atoms with Crippen molar-refractivity contribution >= 4 is 12.3 Å². The van der Waals surface area contributed by atoms with Crippen LogP contribution in [-0.2, 0) is 9.47 Å². The van der Waals surface area contributed by atoms with Crippen molar-refractivity contribution in [1.82, 2.24) is 0 Å². The molecule has 0 spiro atoms. The molecular weight excluding hydrogens is 168 g/mol. The zero-order chi connectivity index (χ0) is 9.40. The third-order valence-corrected chi connectivity index (χ3v) is 0.775. The summed E-state index contributed by atoms with van der Waals surface area (Å²) < 4.78 is 8.09. The molecule has 0 saturated carbocycles. The van der Waals surface area contributed by atoms with Gasteiger partial charge < -0.3 is 19.7 Å². The van der Waals surface area contributed by atoms with Gasteiger partial charge in [-0.25, -0.2) is 9.59 Å². The summed E-state index contributed by atoms with van der Waals surface area (Å²) in [6.45, 7) is -0.0190. The summed E-state index contributed by atoms with van der Waals surface area (Å²) in [6.07, 6.45) is -0.197. The molecule has 68 valence electrons. The van der Waals surface area contributed by atoms with Crippen LogP contribution in [0.5, 0.6) is 0 Å². The van der Waals surface area contributed by atoms with Crippen LogP contribution in [0.3, 0.4) is 0 Å². The molecule has 0 aliphatic heterocycles. The Bertz CT molecular complexity index is 184. The molecule has 2 N–H and O–H groups in total. The Kier molecular flexibility index (Phi) is 5.16. The van der Waals surface area contributed by atoms with Crippen molar-refractivity contribution in [3.63, 3.8) is 0 Å². The van der Waals surface area contributed by atoms with Gasteiger partial charge in [0.1, 0.15) is 0 Å². The van der Waals surface area contributed by atoms with E-state index < -0.39 is 12.3 Å². The molecule has 0 aromatic carbocycles. The molecule has 0 fully saturated rings. The number of carboxylic acid groups (broad SMARTS) is 2. The van der Waals surface area contributed by atoms with Gasteiger partial charge in [-0.15, -0.1) is 0 Å². The van der Waals surface area contributed by atoms with Gasteiger partial charge in [-0.3, -0.25) is 0 Å². The molecule has 12 heavy (non-hydrogen) atoms. The van der Waals surface area contributed by atoms with Crippen LogP contribution in [0.4, 0.5) is 9.59 Å². The number of hydrogen-bond donors (Lipinski definition) is 2. The fourth-order valence-electron chi connectivity index (χ4n) is 0.389. The van der Waals surface area contributed by atoms with Gasteiger partial charge >= 0.3 is 12.3 Å². The molecule has 0 aliphatic rings. The minimum Gasteiger partial charge on any atom is -0.450 e. The summed E-state index contributed by atoms with van der Waals surface area (Å²) >= 11 is 0. The van der Waals surface area contributed by atoms with Gasteiger partial charge in [0.25, 0.3) is 0 Å². The van der Waals surface area contributed by atoms with Crippen molar-refractivity contribution in [3.05, 3.63) is 12.3 Å². The normalized spacial score (nSPS) is 9.67. The lowest BCUT2D eigenvalue weighted by Crippen LogP contribution is -2.00. The first-order valence-electron chi connectivity index (χ1n) is 3.03. The highest BCUT2D eigenvalue weighted by Gasteiger charge is 1.93. The van der Waals surface area contributed by atoms with E-state index in [0.717, 1.165) is 6.26 Å². The molecular formula is C6H8O6. The van der Waals surface area contributed by atoms with Crippen LogP contribution < -0.4 is 0 Å². The molecule has 0 saturated heterocycles. The minimum absolute atomic E-state index is 0.0190. The Morgan fingerprint density at radius 2 is 1.92 bits per heavy atom. The Balaban J connectivity index is 3.25. The standard InChI is InChI=1S/C6H8O6/c7-5(8)11-3-1-2-4-12-6(9)10/h1,3H,2,4H2,(H,7,8)(H,9,10). The summed E-state index contributed by atoms with van der Waals surface area (Å²) in [7, 11) is 0. The molecule has 0 aromatic heterocycles. The molecule has 0 aliphatic carbocycles. The second kappa shape index (κ2) is 6.02. The first-order chi connectivity index (χ1) is 5.63. The predicted octanol–water partition coefficient (Wildman–Crippen LogP) is 1.28. The van der Waals surface area contributed by atoms with E-state index in [2.05, 4.69) is 9.47 Å². The van der Waals surface area contributed by atoms with Crippen molar-refractivity contribution in [2.75, 3.05) is 6.61 Å². The van der Waals surface area contributed by atoms with E-state index in [1.807, 2.05) is 0 Å². The van der Waals surface area contributed by atoms with Crippen LogP contribution >= 0.6 is 0 Å². The van der Waals surface area contributed by atoms with Crippen LogP contribution in [-0.4, -0.2) is 29.1 Å². The van der Waals surface area contributed by atoms with Crippen molar-refractivity contribution in [2.45, 2.75) is 6.42 Å². The van der Waals surface area contributed by atoms with Gasteiger partial charge in [0.15, 0.2) is 0 Å². The molecule has 0 amide bonds. The number of carbonyl (C=O) groups is 2. The topological polar surface area (TPSA) is 93.1 Å². The summed E-state index contributed by atoms with van der Waals surface area (Å²) in [4.78, 5) is 19.5. The molecule has 0 aromatic rings. The van der Waals surface area contributed by atoms with Gasteiger partial charge in [0, 0.05) is 6.42 Å². The van der Waals surface area contributed by atoms with Crippen molar-refractivity contribution in [3.8, 4) is 0 Å². The van der Waals surface area contributed by atoms with Crippen LogP contribution in [0.25, 0.3) is 0 Å². The Morgan fingerprint density at radius 1 is 1.25 bits per heavy atom. The van der Waals surface area contributed by atoms with E-state index in [4.69, 9.17) is 10.2 Å². The maximum Gasteiger partial charge on any atom is 0.510 e. The smallest absolute Gasteiger partial charge is 0.450 e. The fraction of sp³-hybridized carbons (Fsp3) is 0.333. The second-order valence-electron chi connectivity index (χ2n) is 1.66. The van der Waals surface area contributed by atoms with E-state index in [1.165, 1.54) is 6.08 Å². The van der Waals surface area contributed by atoms with Crippen LogP contribution in [0, 0.1) is 0 Å². The zero-order valence-electron chi connectivity index (χ0n) is 6.10. The van der Waals surface area contributed by atoms with Gasteiger partial charge in [-0.05, 0) is 6.08 Å². The van der Waals surface area contributed by atoms with Gasteiger partial charge in [0.2, 0.25) is 0 Å². The highest BCUT2D eigenvalue weighted by Crippen LogP contribution is 1.87. The lowest BCUT2D eigenvalue weighted by Gasteiger charge is -1.94. The van der Waals surface area contributed by atoms with Gasteiger partial charge in [0.05, 0.1) is 12.9 Å². The lowest BCUT2D eigenvalue weighted by atomic mass is 10.4. The monoisotopic (exact) mass is 176 g/mol. The maximum atomic E-state index is 9.77. The molecule has 0 atom stereocenters. The van der Waals surface area contributed by atoms with E-state index in [0.29, 0.717) is 0 Å². The first-order valence-corrected chi connectivity index (χ1v) is 3.03. The highest BCUT2D eigenvalue weighted by molar-refractivity contribution is 5.57. The van der Waals surface area contributed by atoms with E-state index >= 15 is 0 Å². The molecule has 0 heterocycles. The van der Waals surface area contributed by atoms with Gasteiger partial charge in [-0.2, -0.15) is 0 Å². The zero-order valence-corrected chi connectivity index (χ0v) is 6.10. The second-order valence-corrected chi connectivity index (χ2v) is 1.66. The highest BCUT2D eigenvalue weighted by atomic mass is 16.7. The van der Waals surface area contributed by atoms with E-state index in [9.17, 15) is 9.59 Å². The van der Waals surface area contributed by atoms with Crippen molar-refractivity contribution < 1.29 is 29.3 Å². The summed E-state index contributed by atoms with van der Waals surface area (Å²) in [5, 5.41) is 15.9. The quantitative estimate of drug-likeness (QED) is 0.380. The summed E-state index contributed by atoms with van der Waals surface area (Å²) in [5.74, 6) is 0. The average Bonchev–Trinajstić information content (AvgIpc) is 1.95. The Morgan fingerprint density at radius 3 is 2.42 bits per heavy atom. The van der Waals surface area contributed by atoms with Crippen LogP contribution in [0.2, 0.25) is 0 Å². The molecule has 0 bridgehead atoms. The predicted molar refractivity (Wildman–Crippen MR) is 36.8 cm³/mol. The Labute approximate surface area is 68.0 Å². The largest absolute Gasteiger partial charge is 0.510 e.